The molecule has 1 aliphatic heterocycles. The molecule has 1 heterocycles. The molecule has 2 aliphatic rings. The van der Waals surface area contributed by atoms with E-state index in [4.69, 9.17) is 4.52 Å². The van der Waals surface area contributed by atoms with Crippen LogP contribution in [0.15, 0.2) is 115 Å². The van der Waals surface area contributed by atoms with Gasteiger partial charge in [0.25, 0.3) is 0 Å². The van der Waals surface area contributed by atoms with Crippen LogP contribution in [0, 0.1) is 5.92 Å². The van der Waals surface area contributed by atoms with Gasteiger partial charge in [-0.15, -0.1) is 0 Å². The summed E-state index contributed by atoms with van der Waals surface area (Å²) < 4.78 is 7.84. The second-order valence-corrected chi connectivity index (χ2v) is 13.8. The third kappa shape index (κ3) is 2.92. The van der Waals surface area contributed by atoms with Crippen LogP contribution in [-0.4, -0.2) is 0 Å². The van der Waals surface area contributed by atoms with E-state index in [2.05, 4.69) is 115 Å². The van der Waals surface area contributed by atoms with Crippen molar-refractivity contribution in [2.24, 2.45) is 5.92 Å². The average Bonchev–Trinajstić information content (AvgIpc) is 3.25. The molecule has 2 heteroatoms. The van der Waals surface area contributed by atoms with Gasteiger partial charge in [0.15, 0.2) is 0 Å². The van der Waals surface area contributed by atoms with Crippen LogP contribution < -0.4 is 21.2 Å². The Labute approximate surface area is 197 Å². The summed E-state index contributed by atoms with van der Waals surface area (Å²) in [5, 5.41) is 5.28. The molecule has 0 spiro atoms. The quantitative estimate of drug-likeness (QED) is 0.327. The van der Waals surface area contributed by atoms with Gasteiger partial charge >= 0.3 is 198 Å². The normalized spacial score (nSPS) is 22.7. The van der Waals surface area contributed by atoms with Crippen LogP contribution in [0.4, 0.5) is 0 Å². The number of fused-ring (bicyclic) bond motifs is 1. The van der Waals surface area contributed by atoms with Crippen LogP contribution in [0.1, 0.15) is 43.8 Å². The molecule has 1 fully saturated rings. The molecule has 1 aliphatic carbocycles. The Kier molecular flexibility index (Phi) is 5.21. The Bertz CT molecular complexity index is 1130. The molecule has 0 saturated heterocycles. The van der Waals surface area contributed by atoms with E-state index in [1.54, 1.807) is 0 Å². The van der Waals surface area contributed by atoms with Gasteiger partial charge in [0.05, 0.1) is 0 Å². The van der Waals surface area contributed by atoms with Crippen LogP contribution in [0.25, 0.3) is 0 Å². The van der Waals surface area contributed by atoms with Crippen LogP contribution >= 0.6 is 6.83 Å². The summed E-state index contributed by atoms with van der Waals surface area (Å²) in [5.74, 6) is 0.569. The first-order valence-electron chi connectivity index (χ1n) is 12.3. The van der Waals surface area contributed by atoms with Crippen LogP contribution in [0.2, 0.25) is 0 Å². The third-order valence-electron chi connectivity index (χ3n) is 7.85. The fourth-order valence-corrected chi connectivity index (χ4v) is 12.7. The Balaban J connectivity index is 1.76. The van der Waals surface area contributed by atoms with Crippen LogP contribution in [0.5, 0.6) is 0 Å². The summed E-state index contributed by atoms with van der Waals surface area (Å²) in [6.45, 7) is -3.41. The van der Waals surface area contributed by atoms with Gasteiger partial charge in [0.2, 0.25) is 0 Å². The zero-order valence-electron chi connectivity index (χ0n) is 19.0. The molecule has 0 bridgehead atoms. The van der Waals surface area contributed by atoms with Crippen molar-refractivity contribution in [2.75, 3.05) is 0 Å². The second kappa shape index (κ2) is 8.24. The maximum atomic E-state index is 7.84. The maximum absolute atomic E-state index is 7.84. The summed E-state index contributed by atoms with van der Waals surface area (Å²) in [6.07, 6.45) is 6.60. The fourth-order valence-electron chi connectivity index (χ4n) is 6.42. The average molecular weight is 451 g/mol. The molecule has 1 saturated carbocycles. The molecule has 166 valence electrons. The van der Waals surface area contributed by atoms with E-state index < -0.39 is 6.83 Å². The van der Waals surface area contributed by atoms with Crippen molar-refractivity contribution in [2.45, 2.75) is 38.2 Å². The molecular formula is C31H31OP. The van der Waals surface area contributed by atoms with E-state index in [1.807, 2.05) is 0 Å². The molecule has 6 rings (SSSR count). The molecule has 33 heavy (non-hydrogen) atoms. The Hall–Kier alpha value is -2.73. The van der Waals surface area contributed by atoms with Gasteiger partial charge in [-0.05, 0) is 0 Å². The van der Waals surface area contributed by atoms with Gasteiger partial charge in [-0.3, -0.25) is 0 Å². The molecule has 1 atom stereocenters. The van der Waals surface area contributed by atoms with Gasteiger partial charge in [-0.2, -0.15) is 0 Å². The van der Waals surface area contributed by atoms with E-state index in [-0.39, 0.29) is 6.10 Å². The van der Waals surface area contributed by atoms with Gasteiger partial charge < -0.3 is 0 Å². The minimum absolute atomic E-state index is 0.125. The molecule has 4 aromatic rings. The fraction of sp³-hybridized carbons (Fsp3) is 0.226. The van der Waals surface area contributed by atoms with Crippen LogP contribution in [-0.2, 0) is 4.52 Å². The van der Waals surface area contributed by atoms with Gasteiger partial charge in [0, 0.05) is 0 Å². The third-order valence-corrected chi connectivity index (χ3v) is 13.7. The molecular weight excluding hydrogens is 419 g/mol. The zero-order chi connectivity index (χ0) is 22.2. The summed E-state index contributed by atoms with van der Waals surface area (Å²) in [7, 11) is 0. The summed E-state index contributed by atoms with van der Waals surface area (Å²) >= 11 is 0. The number of benzene rings is 4. The topological polar surface area (TPSA) is 9.23 Å². The summed E-state index contributed by atoms with van der Waals surface area (Å²) in [5.41, 5.74) is 1.40. The second-order valence-electron chi connectivity index (χ2n) is 9.53. The van der Waals surface area contributed by atoms with Gasteiger partial charge in [-0.25, -0.2) is 0 Å². The number of hydrogen-bond acceptors (Lipinski definition) is 1. The molecule has 4 aromatic carbocycles. The van der Waals surface area contributed by atoms with E-state index in [1.165, 1.54) is 58.9 Å². The van der Waals surface area contributed by atoms with Crippen molar-refractivity contribution in [1.82, 2.24) is 0 Å². The van der Waals surface area contributed by atoms with E-state index in [9.17, 15) is 0 Å². The minimum atomic E-state index is -3.41. The standard InChI is InChI=1S/C31H31OP/c1-5-15-25(16-6-1)31-29-23-13-14-24-30(29)33(32-31,26-17-7-2-8-18-26,27-19-9-3-10-20-27)28-21-11-4-12-22-28/h2-4,7-14,17-25,31H,1,5-6,15-16H2/t31-/m0/s1. The SMILES string of the molecule is c1ccc(P2(c3ccccc3)(c3ccccc3)O[C@@H](C3CCCCC3)c3ccccc32)cc1. The Morgan fingerprint density at radius 1 is 0.515 bits per heavy atom. The molecule has 0 aromatic heterocycles. The predicted molar refractivity (Wildman–Crippen MR) is 142 cm³/mol. The van der Waals surface area contributed by atoms with Crippen molar-refractivity contribution in [1.29, 1.82) is 0 Å². The summed E-state index contributed by atoms with van der Waals surface area (Å²) in [4.78, 5) is 0. The van der Waals surface area contributed by atoms with Gasteiger partial charge in [-0.1, -0.05) is 0 Å². The number of rotatable bonds is 4. The first kappa shape index (κ1) is 20.8. The molecule has 0 radical (unpaired) electrons. The molecule has 0 amide bonds. The zero-order valence-corrected chi connectivity index (χ0v) is 19.9. The molecule has 0 N–H and O–H groups in total. The first-order valence-corrected chi connectivity index (χ1v) is 14.5. The first-order chi connectivity index (χ1) is 16.3. The van der Waals surface area contributed by atoms with Gasteiger partial charge in [0.1, 0.15) is 0 Å². The monoisotopic (exact) mass is 450 g/mol. The Morgan fingerprint density at radius 2 is 0.970 bits per heavy atom. The van der Waals surface area contributed by atoms with E-state index in [0.717, 1.165) is 0 Å². The van der Waals surface area contributed by atoms with Crippen molar-refractivity contribution in [3.05, 3.63) is 121 Å². The van der Waals surface area contributed by atoms with Crippen LogP contribution in [0.3, 0.4) is 0 Å². The van der Waals surface area contributed by atoms with Crippen molar-refractivity contribution >= 4 is 28.0 Å². The molecule has 0 unspecified atom stereocenters. The summed E-state index contributed by atoms with van der Waals surface area (Å²) in [6, 6.07) is 42.4. The van der Waals surface area contributed by atoms with Crippen molar-refractivity contribution < 1.29 is 4.52 Å². The van der Waals surface area contributed by atoms with E-state index in [0.29, 0.717) is 5.92 Å². The van der Waals surface area contributed by atoms with Crippen molar-refractivity contribution in [3.8, 4) is 0 Å². The Morgan fingerprint density at radius 3 is 1.48 bits per heavy atom. The number of hydrogen-bond donors (Lipinski definition) is 0. The van der Waals surface area contributed by atoms with Crippen molar-refractivity contribution in [3.63, 3.8) is 0 Å². The predicted octanol–water partition coefficient (Wildman–Crippen LogP) is 6.41. The molecule has 1 nitrogen and oxygen atoms in total. The van der Waals surface area contributed by atoms with E-state index >= 15 is 0 Å².